The van der Waals surface area contributed by atoms with Gasteiger partial charge >= 0.3 is 5.97 Å². The number of carbonyl (C=O) groups excluding carboxylic acids is 1. The first-order valence-electron chi connectivity index (χ1n) is 4.94. The lowest BCUT2D eigenvalue weighted by Gasteiger charge is -2.25. The number of hydrogen-bond donors (Lipinski definition) is 2. The van der Waals surface area contributed by atoms with Crippen LogP contribution in [0.3, 0.4) is 0 Å². The van der Waals surface area contributed by atoms with Gasteiger partial charge in [0.15, 0.2) is 0 Å². The smallest absolute Gasteiger partial charge is 0.311 e. The zero-order chi connectivity index (χ0) is 11.3. The topological polar surface area (TPSA) is 66.8 Å². The van der Waals surface area contributed by atoms with Crippen molar-refractivity contribution in [2.75, 3.05) is 6.61 Å². The molecule has 0 heterocycles. The summed E-state index contributed by atoms with van der Waals surface area (Å²) in [5.74, 6) is -1.36. The van der Waals surface area contributed by atoms with E-state index in [0.29, 0.717) is 6.61 Å². The van der Waals surface area contributed by atoms with E-state index in [0.717, 1.165) is 0 Å². The summed E-state index contributed by atoms with van der Waals surface area (Å²) >= 11 is 0. The Balaban J connectivity index is 4.23. The summed E-state index contributed by atoms with van der Waals surface area (Å²) < 4.78 is 4.77. The lowest BCUT2D eigenvalue weighted by Crippen LogP contribution is -2.37. The molecule has 0 spiro atoms. The minimum Gasteiger partial charge on any atom is -0.466 e. The molecule has 0 saturated heterocycles. The summed E-state index contributed by atoms with van der Waals surface area (Å²) in [5, 5.41) is 18.9. The minimum atomic E-state index is -0.867. The Kier molecular flexibility index (Phi) is 5.72. The first-order chi connectivity index (χ1) is 6.41. The molecule has 4 heteroatoms. The molecule has 84 valence electrons. The second-order valence-corrected chi connectivity index (χ2v) is 3.63. The second-order valence-electron chi connectivity index (χ2n) is 3.63. The molecule has 0 radical (unpaired) electrons. The van der Waals surface area contributed by atoms with E-state index >= 15 is 0 Å². The van der Waals surface area contributed by atoms with Gasteiger partial charge < -0.3 is 14.9 Å². The molecule has 0 aromatic heterocycles. The Morgan fingerprint density at radius 1 is 1.29 bits per heavy atom. The molecule has 0 aliphatic rings. The fourth-order valence-corrected chi connectivity index (χ4v) is 1.15. The Bertz CT molecular complexity index is 179. The van der Waals surface area contributed by atoms with Crippen LogP contribution in [0.1, 0.15) is 27.7 Å². The molecule has 0 aromatic rings. The summed E-state index contributed by atoms with van der Waals surface area (Å²) in [4.78, 5) is 11.2. The van der Waals surface area contributed by atoms with Gasteiger partial charge in [-0.1, -0.05) is 6.92 Å². The summed E-state index contributed by atoms with van der Waals surface area (Å²) in [7, 11) is 0. The molecule has 4 atom stereocenters. The molecule has 4 nitrogen and oxygen atoms in total. The van der Waals surface area contributed by atoms with Crippen LogP contribution in [0.15, 0.2) is 0 Å². The maximum absolute atomic E-state index is 11.2. The van der Waals surface area contributed by atoms with Crippen molar-refractivity contribution in [3.63, 3.8) is 0 Å². The maximum Gasteiger partial charge on any atom is 0.311 e. The van der Waals surface area contributed by atoms with Gasteiger partial charge in [0.2, 0.25) is 0 Å². The zero-order valence-electron chi connectivity index (χ0n) is 9.23. The number of ether oxygens (including phenoxy) is 1. The number of carbonyl (C=O) groups is 1. The van der Waals surface area contributed by atoms with Gasteiger partial charge in [0.25, 0.3) is 0 Å². The molecule has 0 bridgehead atoms. The molecule has 0 fully saturated rings. The fourth-order valence-electron chi connectivity index (χ4n) is 1.15. The first-order valence-corrected chi connectivity index (χ1v) is 4.94. The highest BCUT2D eigenvalue weighted by atomic mass is 16.5. The van der Waals surface area contributed by atoms with E-state index < -0.39 is 24.1 Å². The van der Waals surface area contributed by atoms with E-state index in [1.54, 1.807) is 27.7 Å². The van der Waals surface area contributed by atoms with Crippen molar-refractivity contribution >= 4 is 5.97 Å². The van der Waals surface area contributed by atoms with Crippen LogP contribution < -0.4 is 0 Å². The average Bonchev–Trinajstić information content (AvgIpc) is 2.14. The quantitative estimate of drug-likeness (QED) is 0.642. The van der Waals surface area contributed by atoms with Crippen molar-refractivity contribution in [1.82, 2.24) is 0 Å². The Hall–Kier alpha value is -0.610. The van der Waals surface area contributed by atoms with E-state index in [2.05, 4.69) is 0 Å². The van der Waals surface area contributed by atoms with Gasteiger partial charge in [-0.15, -0.1) is 0 Å². The summed E-state index contributed by atoms with van der Waals surface area (Å²) in [6, 6.07) is 0. The van der Waals surface area contributed by atoms with Gasteiger partial charge in [-0.2, -0.15) is 0 Å². The van der Waals surface area contributed by atoms with E-state index in [1.807, 2.05) is 0 Å². The van der Waals surface area contributed by atoms with Gasteiger partial charge in [-0.05, 0) is 20.8 Å². The Morgan fingerprint density at radius 2 is 1.79 bits per heavy atom. The second kappa shape index (κ2) is 5.98. The van der Waals surface area contributed by atoms with E-state index in [4.69, 9.17) is 4.74 Å². The van der Waals surface area contributed by atoms with Crippen molar-refractivity contribution in [1.29, 1.82) is 0 Å². The predicted molar refractivity (Wildman–Crippen MR) is 52.6 cm³/mol. The largest absolute Gasteiger partial charge is 0.466 e. The molecule has 0 rings (SSSR count). The molecule has 2 N–H and O–H groups in total. The normalized spacial score (nSPS) is 19.6. The van der Waals surface area contributed by atoms with Gasteiger partial charge in [0.05, 0.1) is 24.7 Å². The third-order valence-electron chi connectivity index (χ3n) is 2.47. The van der Waals surface area contributed by atoms with E-state index in [-0.39, 0.29) is 5.92 Å². The summed E-state index contributed by atoms with van der Waals surface area (Å²) in [6.45, 7) is 6.91. The van der Waals surface area contributed by atoms with Gasteiger partial charge in [-0.3, -0.25) is 4.79 Å². The molecule has 0 aliphatic carbocycles. The SMILES string of the molecule is CCOC(=O)C(C)C(O)C(C)C(C)O. The first kappa shape index (κ1) is 13.4. The summed E-state index contributed by atoms with van der Waals surface area (Å²) in [6.07, 6.45) is -1.50. The predicted octanol–water partition coefficient (Wildman–Crippen LogP) is 0.563. The van der Waals surface area contributed by atoms with Gasteiger partial charge in [0, 0.05) is 5.92 Å². The molecule has 0 amide bonds. The van der Waals surface area contributed by atoms with Crippen molar-refractivity contribution in [3.05, 3.63) is 0 Å². The van der Waals surface area contributed by atoms with Crippen LogP contribution in [0, 0.1) is 11.8 Å². The number of rotatable bonds is 5. The number of aliphatic hydroxyl groups is 2. The average molecular weight is 204 g/mol. The standard InChI is InChI=1S/C10H20O4/c1-5-14-10(13)7(3)9(12)6(2)8(4)11/h6-9,11-12H,5H2,1-4H3. The van der Waals surface area contributed by atoms with Crippen molar-refractivity contribution in [2.45, 2.75) is 39.9 Å². The Labute approximate surface area is 84.9 Å². The fraction of sp³-hybridized carbons (Fsp3) is 0.900. The summed E-state index contributed by atoms with van der Waals surface area (Å²) in [5.41, 5.74) is 0. The van der Waals surface area contributed by atoms with Crippen LogP contribution >= 0.6 is 0 Å². The Morgan fingerprint density at radius 3 is 2.14 bits per heavy atom. The highest BCUT2D eigenvalue weighted by molar-refractivity contribution is 5.72. The molecule has 0 aliphatic heterocycles. The molecular weight excluding hydrogens is 184 g/mol. The number of aliphatic hydroxyl groups excluding tert-OH is 2. The van der Waals surface area contributed by atoms with Crippen LogP contribution in [0.5, 0.6) is 0 Å². The van der Waals surface area contributed by atoms with Crippen LogP contribution in [-0.2, 0) is 9.53 Å². The molecule has 0 aromatic carbocycles. The van der Waals surface area contributed by atoms with Crippen LogP contribution in [0.4, 0.5) is 0 Å². The van der Waals surface area contributed by atoms with Gasteiger partial charge in [0.1, 0.15) is 0 Å². The molecule has 4 unspecified atom stereocenters. The lowest BCUT2D eigenvalue weighted by atomic mass is 9.90. The highest BCUT2D eigenvalue weighted by Gasteiger charge is 2.29. The highest BCUT2D eigenvalue weighted by Crippen LogP contribution is 2.17. The monoisotopic (exact) mass is 204 g/mol. The van der Waals surface area contributed by atoms with Crippen molar-refractivity contribution < 1.29 is 19.7 Å². The van der Waals surface area contributed by atoms with Crippen molar-refractivity contribution in [2.24, 2.45) is 11.8 Å². The van der Waals surface area contributed by atoms with Crippen molar-refractivity contribution in [3.8, 4) is 0 Å². The third kappa shape index (κ3) is 3.64. The van der Waals surface area contributed by atoms with Crippen LogP contribution in [-0.4, -0.2) is 35.0 Å². The molecule has 0 saturated carbocycles. The van der Waals surface area contributed by atoms with Crippen LogP contribution in [0.2, 0.25) is 0 Å². The molecular formula is C10H20O4. The number of hydrogen-bond acceptors (Lipinski definition) is 4. The molecule has 14 heavy (non-hydrogen) atoms. The van der Waals surface area contributed by atoms with Crippen LogP contribution in [0.25, 0.3) is 0 Å². The minimum absolute atomic E-state index is 0.305. The van der Waals surface area contributed by atoms with E-state index in [1.165, 1.54) is 0 Å². The number of esters is 1. The zero-order valence-corrected chi connectivity index (χ0v) is 9.23. The van der Waals surface area contributed by atoms with E-state index in [9.17, 15) is 15.0 Å². The maximum atomic E-state index is 11.2. The van der Waals surface area contributed by atoms with Gasteiger partial charge in [-0.25, -0.2) is 0 Å². The third-order valence-corrected chi connectivity index (χ3v) is 2.47. The lowest BCUT2D eigenvalue weighted by molar-refractivity contribution is -0.153.